The molecule has 0 saturated heterocycles. The molecule has 0 aliphatic rings. The fraction of sp³-hybridized carbons (Fsp3) is 0. The van der Waals surface area contributed by atoms with Gasteiger partial charge in [0.1, 0.15) is 20.0 Å². The molecule has 0 saturated carbocycles. The van der Waals surface area contributed by atoms with Crippen LogP contribution in [0.5, 0.6) is 0 Å². The minimum atomic E-state index is -1.78. The number of para-hydroxylation sites is 1. The van der Waals surface area contributed by atoms with Crippen LogP contribution in [-0.2, 0) is 0 Å². The number of hydrogen-bond acceptors (Lipinski definition) is 2. The zero-order chi connectivity index (χ0) is 38.1. The fourth-order valence-corrected chi connectivity index (χ4v) is 10.9. The second-order valence-corrected chi connectivity index (χ2v) is 17.1. The third-order valence-corrected chi connectivity index (χ3v) is 13.8. The molecule has 0 aliphatic heterocycles. The Hall–Kier alpha value is -7.41. The van der Waals surface area contributed by atoms with Crippen LogP contribution in [0.4, 0.5) is 0 Å². The quantitative estimate of drug-likeness (QED) is 0.0750. The Morgan fingerprint density at radius 3 is 1.77 bits per heavy atom. The maximum absolute atomic E-state index is 8.67. The molecule has 0 fully saturated rings. The van der Waals surface area contributed by atoms with Crippen molar-refractivity contribution in [1.29, 1.82) is 5.41 Å². The molecular formula is C51H36N4OSi. The van der Waals surface area contributed by atoms with Crippen molar-refractivity contribution < 1.29 is 4.42 Å². The average molecular weight is 749 g/mol. The summed E-state index contributed by atoms with van der Waals surface area (Å²) in [4.78, 5) is 9.48. The third kappa shape index (κ3) is 6.48. The van der Waals surface area contributed by atoms with Gasteiger partial charge in [0.05, 0.1) is 11.0 Å². The van der Waals surface area contributed by atoms with Crippen molar-refractivity contribution >= 4 is 86.0 Å². The molecule has 10 rings (SSSR count). The Morgan fingerprint density at radius 1 is 0.491 bits per heavy atom. The van der Waals surface area contributed by atoms with Crippen LogP contribution in [-0.4, -0.2) is 31.2 Å². The summed E-state index contributed by atoms with van der Waals surface area (Å²) in [6.07, 6.45) is 1.82. The van der Waals surface area contributed by atoms with Gasteiger partial charge in [0.25, 0.3) is 0 Å². The Kier molecular flexibility index (Phi) is 8.78. The summed E-state index contributed by atoms with van der Waals surface area (Å²) in [5, 5.41) is 17.4. The topological polar surface area (TPSA) is 66.6 Å². The van der Waals surface area contributed by atoms with E-state index < -0.39 is 8.80 Å². The van der Waals surface area contributed by atoms with E-state index in [1.54, 1.807) is 0 Å². The molecule has 2 aromatic heterocycles. The van der Waals surface area contributed by atoms with E-state index in [0.29, 0.717) is 5.84 Å². The van der Waals surface area contributed by atoms with Gasteiger partial charge >= 0.3 is 0 Å². The number of nitrogens with zero attached hydrogens (tertiary/aromatic N) is 3. The summed E-state index contributed by atoms with van der Waals surface area (Å²) < 4.78 is 8.82. The van der Waals surface area contributed by atoms with Crippen LogP contribution in [0.3, 0.4) is 0 Å². The van der Waals surface area contributed by atoms with Crippen molar-refractivity contribution in [3.8, 4) is 5.69 Å². The summed E-state index contributed by atoms with van der Waals surface area (Å²) in [5.41, 5.74) is 7.60. The fourth-order valence-electron chi connectivity index (χ4n) is 7.95. The molecule has 1 N–H and O–H groups in total. The average Bonchev–Trinajstić information content (AvgIpc) is 3.80. The second kappa shape index (κ2) is 14.7. The van der Waals surface area contributed by atoms with Crippen molar-refractivity contribution in [2.75, 3.05) is 0 Å². The Labute approximate surface area is 331 Å². The van der Waals surface area contributed by atoms with Crippen molar-refractivity contribution in [2.45, 2.75) is 0 Å². The minimum Gasteiger partial charge on any atom is -0.456 e. The van der Waals surface area contributed by atoms with Crippen molar-refractivity contribution in [3.05, 3.63) is 217 Å². The lowest BCUT2D eigenvalue weighted by atomic mass is 10.1. The van der Waals surface area contributed by atoms with Crippen molar-refractivity contribution in [2.24, 2.45) is 9.98 Å². The zero-order valence-electron chi connectivity index (χ0n) is 31.0. The number of benzene rings is 8. The smallest absolute Gasteiger partial charge is 0.161 e. The van der Waals surface area contributed by atoms with E-state index in [1.165, 1.54) is 20.9 Å². The van der Waals surface area contributed by atoms with Gasteiger partial charge in [-0.1, -0.05) is 179 Å². The molecule has 6 heteroatoms. The van der Waals surface area contributed by atoms with E-state index >= 15 is 0 Å². The second-order valence-electron chi connectivity index (χ2n) is 14.2. The number of amidine groups is 2. The van der Waals surface area contributed by atoms with E-state index in [4.69, 9.17) is 14.8 Å². The standard InChI is InChI=1S/C51H36N4OSi/c52-50(36-15-5-1-6-16-36)54-51(37-17-7-2-8-18-37)53-34-35-25-27-38(28-26-35)55-46-30-29-41(57(39-19-9-3-10-20-39)40-21-11-4-12-22-40)31-43(46)44-33-49-45(32-47(44)55)42-23-13-14-24-48(42)56-49/h1-34,52,57H/b52-50?,53-34+,54-51-. The molecule has 0 aliphatic carbocycles. The van der Waals surface area contributed by atoms with E-state index in [1.807, 2.05) is 79.0 Å². The van der Waals surface area contributed by atoms with Gasteiger partial charge in [-0.05, 0) is 42.0 Å². The SMILES string of the molecule is N=C(/N=C(\N=C\c1ccc(-n2c3ccc([SiH](c4ccccc4)c4ccccc4)cc3c3cc4oc5ccccc5c4cc32)cc1)c1ccccc1)c1ccccc1. The first-order chi connectivity index (χ1) is 28.2. The highest BCUT2D eigenvalue weighted by Crippen LogP contribution is 2.38. The Balaban J connectivity index is 1.10. The summed E-state index contributed by atoms with van der Waals surface area (Å²) >= 11 is 0. The third-order valence-electron chi connectivity index (χ3n) is 10.7. The normalized spacial score (nSPS) is 12.1. The lowest BCUT2D eigenvalue weighted by Gasteiger charge is -2.18. The van der Waals surface area contributed by atoms with E-state index in [-0.39, 0.29) is 5.84 Å². The van der Waals surface area contributed by atoms with E-state index in [9.17, 15) is 0 Å². The Bertz CT molecular complexity index is 3080. The summed E-state index contributed by atoms with van der Waals surface area (Å²) in [5.74, 6) is 0.647. The van der Waals surface area contributed by atoms with Gasteiger partial charge in [-0.3, -0.25) is 5.41 Å². The molecule has 0 spiro atoms. The first-order valence-electron chi connectivity index (χ1n) is 19.1. The molecule has 0 amide bonds. The summed E-state index contributed by atoms with van der Waals surface area (Å²) in [7, 11) is -1.78. The number of nitrogens with one attached hydrogen (secondary N) is 1. The molecule has 8 aromatic carbocycles. The monoisotopic (exact) mass is 748 g/mol. The minimum absolute atomic E-state index is 0.164. The van der Waals surface area contributed by atoms with Crippen LogP contribution < -0.4 is 15.6 Å². The molecule has 2 heterocycles. The number of rotatable bonds is 7. The number of fused-ring (bicyclic) bond motifs is 6. The summed E-state index contributed by atoms with van der Waals surface area (Å²) in [6, 6.07) is 69.6. The van der Waals surface area contributed by atoms with Gasteiger partial charge in [-0.2, -0.15) is 0 Å². The molecule has 10 aromatic rings. The molecule has 0 bridgehead atoms. The van der Waals surface area contributed by atoms with Gasteiger partial charge in [-0.15, -0.1) is 0 Å². The van der Waals surface area contributed by atoms with Gasteiger partial charge < -0.3 is 8.98 Å². The number of aliphatic imine (C=N–C) groups is 2. The van der Waals surface area contributed by atoms with Gasteiger partial charge in [0.2, 0.25) is 0 Å². The van der Waals surface area contributed by atoms with Crippen LogP contribution >= 0.6 is 0 Å². The van der Waals surface area contributed by atoms with Crippen LogP contribution in [0.1, 0.15) is 16.7 Å². The first-order valence-corrected chi connectivity index (χ1v) is 20.8. The zero-order valence-corrected chi connectivity index (χ0v) is 32.1. The van der Waals surface area contributed by atoms with Crippen LogP contribution in [0, 0.1) is 5.41 Å². The van der Waals surface area contributed by atoms with Crippen molar-refractivity contribution in [1.82, 2.24) is 4.57 Å². The molecule has 0 unspecified atom stereocenters. The molecular weight excluding hydrogens is 713 g/mol. The largest absolute Gasteiger partial charge is 0.456 e. The maximum Gasteiger partial charge on any atom is 0.161 e. The number of hydrogen-bond donors (Lipinski definition) is 1. The predicted molar refractivity (Wildman–Crippen MR) is 241 cm³/mol. The first kappa shape index (κ1) is 34.1. The molecule has 0 radical (unpaired) electrons. The Morgan fingerprint density at radius 2 is 1.09 bits per heavy atom. The van der Waals surface area contributed by atoms with Crippen LogP contribution in [0.2, 0.25) is 0 Å². The molecule has 0 atom stereocenters. The molecule has 57 heavy (non-hydrogen) atoms. The maximum atomic E-state index is 8.67. The molecule has 5 nitrogen and oxygen atoms in total. The van der Waals surface area contributed by atoms with Gasteiger partial charge in [0.15, 0.2) is 11.7 Å². The highest BCUT2D eigenvalue weighted by Gasteiger charge is 2.22. The van der Waals surface area contributed by atoms with E-state index in [0.717, 1.165) is 60.7 Å². The van der Waals surface area contributed by atoms with Crippen LogP contribution in [0.15, 0.2) is 215 Å². The predicted octanol–water partition coefficient (Wildman–Crippen LogP) is 9.82. The number of aromatic nitrogens is 1. The van der Waals surface area contributed by atoms with E-state index in [2.05, 4.69) is 137 Å². The highest BCUT2D eigenvalue weighted by atomic mass is 28.3. The molecule has 270 valence electrons. The summed E-state index contributed by atoms with van der Waals surface area (Å²) in [6.45, 7) is 0. The van der Waals surface area contributed by atoms with Crippen molar-refractivity contribution in [3.63, 3.8) is 0 Å². The number of furan rings is 1. The van der Waals surface area contributed by atoms with Gasteiger partial charge in [0, 0.05) is 44.6 Å². The lowest BCUT2D eigenvalue weighted by molar-refractivity contribution is 0.669. The van der Waals surface area contributed by atoms with Gasteiger partial charge in [-0.25, -0.2) is 9.98 Å². The van der Waals surface area contributed by atoms with Crippen LogP contribution in [0.25, 0.3) is 49.4 Å². The highest BCUT2D eigenvalue weighted by molar-refractivity contribution is 6.95. The lowest BCUT2D eigenvalue weighted by Crippen LogP contribution is -2.51.